The average molecular weight is 468 g/mol. The number of anilines is 1. The van der Waals surface area contributed by atoms with E-state index in [0.29, 0.717) is 0 Å². The highest BCUT2D eigenvalue weighted by atomic mass is 19.4. The highest BCUT2D eigenvalue weighted by molar-refractivity contribution is 5.93. The number of nitrogens with zero attached hydrogens (tertiary/aromatic N) is 3. The van der Waals surface area contributed by atoms with Crippen LogP contribution >= 0.6 is 0 Å². The van der Waals surface area contributed by atoms with Gasteiger partial charge in [0.1, 0.15) is 17.1 Å². The van der Waals surface area contributed by atoms with Crippen molar-refractivity contribution in [1.82, 2.24) is 14.1 Å². The van der Waals surface area contributed by atoms with Crippen LogP contribution < -0.4 is 10.9 Å². The maximum absolute atomic E-state index is 14.2. The number of halogens is 4. The highest BCUT2D eigenvalue weighted by Gasteiger charge is 2.29. The SMILES string of the molecule is CNc1cncn(Cc2cc3cc(F)cc(CCC(F)(F)F)c3n2C(=O)OC(C)(C)C)c1=O. The molecule has 2 heterocycles. The molecule has 1 N–H and O–H groups in total. The second-order valence-corrected chi connectivity index (χ2v) is 8.56. The number of fused-ring (bicyclic) bond motifs is 1. The summed E-state index contributed by atoms with van der Waals surface area (Å²) in [5.41, 5.74) is -0.757. The van der Waals surface area contributed by atoms with Gasteiger partial charge < -0.3 is 10.1 Å². The lowest BCUT2D eigenvalue weighted by Gasteiger charge is -2.21. The third-order valence-electron chi connectivity index (χ3n) is 4.77. The van der Waals surface area contributed by atoms with E-state index in [4.69, 9.17) is 4.74 Å². The minimum absolute atomic E-state index is 0.00822. The van der Waals surface area contributed by atoms with Crippen LogP contribution in [-0.2, 0) is 17.7 Å². The quantitative estimate of drug-likeness (QED) is 0.549. The van der Waals surface area contributed by atoms with Gasteiger partial charge in [-0.1, -0.05) is 0 Å². The van der Waals surface area contributed by atoms with Crippen molar-refractivity contribution in [1.29, 1.82) is 0 Å². The Morgan fingerprint density at radius 3 is 2.48 bits per heavy atom. The Labute approximate surface area is 187 Å². The Morgan fingerprint density at radius 2 is 1.88 bits per heavy atom. The van der Waals surface area contributed by atoms with E-state index in [1.54, 1.807) is 27.8 Å². The van der Waals surface area contributed by atoms with Crippen LogP contribution in [0.5, 0.6) is 0 Å². The summed E-state index contributed by atoms with van der Waals surface area (Å²) in [6.45, 7) is 4.79. The van der Waals surface area contributed by atoms with E-state index in [9.17, 15) is 27.2 Å². The molecule has 1 aromatic carbocycles. The number of carbonyl (C=O) groups excluding carboxylic acids is 1. The van der Waals surface area contributed by atoms with Gasteiger partial charge in [-0.05, 0) is 51.0 Å². The number of alkyl halides is 3. The van der Waals surface area contributed by atoms with Gasteiger partial charge in [0.05, 0.1) is 30.3 Å². The molecule has 0 spiro atoms. The first-order valence-electron chi connectivity index (χ1n) is 10.1. The van der Waals surface area contributed by atoms with E-state index in [0.717, 1.165) is 16.7 Å². The minimum Gasteiger partial charge on any atom is -0.443 e. The van der Waals surface area contributed by atoms with Gasteiger partial charge in [0, 0.05) is 18.9 Å². The Balaban J connectivity index is 2.21. The van der Waals surface area contributed by atoms with Gasteiger partial charge in [-0.15, -0.1) is 0 Å². The smallest absolute Gasteiger partial charge is 0.419 e. The highest BCUT2D eigenvalue weighted by Crippen LogP contribution is 2.30. The van der Waals surface area contributed by atoms with Gasteiger partial charge in [0.15, 0.2) is 0 Å². The van der Waals surface area contributed by atoms with Gasteiger partial charge in [-0.25, -0.2) is 18.7 Å². The van der Waals surface area contributed by atoms with Crippen LogP contribution in [-0.4, -0.2) is 39.0 Å². The van der Waals surface area contributed by atoms with E-state index < -0.39 is 42.1 Å². The van der Waals surface area contributed by atoms with Crippen molar-refractivity contribution in [3.8, 4) is 0 Å². The summed E-state index contributed by atoms with van der Waals surface area (Å²) in [5.74, 6) is -0.733. The molecular weight excluding hydrogens is 444 g/mol. The molecule has 3 rings (SSSR count). The van der Waals surface area contributed by atoms with Crippen LogP contribution in [0.25, 0.3) is 10.9 Å². The largest absolute Gasteiger partial charge is 0.443 e. The molecule has 0 amide bonds. The average Bonchev–Trinajstić information content (AvgIpc) is 3.03. The van der Waals surface area contributed by atoms with Gasteiger partial charge in [0.2, 0.25) is 0 Å². The summed E-state index contributed by atoms with van der Waals surface area (Å²) in [6, 6.07) is 3.56. The minimum atomic E-state index is -4.46. The third kappa shape index (κ3) is 5.71. The van der Waals surface area contributed by atoms with Crippen LogP contribution in [0.2, 0.25) is 0 Å². The molecule has 33 heavy (non-hydrogen) atoms. The number of carbonyl (C=O) groups is 1. The molecular formula is C22H24F4N4O3. The molecule has 0 bridgehead atoms. The van der Waals surface area contributed by atoms with Gasteiger partial charge in [-0.2, -0.15) is 13.2 Å². The fraction of sp³-hybridized carbons (Fsp3) is 0.409. The Morgan fingerprint density at radius 1 is 1.18 bits per heavy atom. The molecule has 0 fully saturated rings. The van der Waals surface area contributed by atoms with Crippen molar-refractivity contribution >= 4 is 22.7 Å². The van der Waals surface area contributed by atoms with Crippen molar-refractivity contribution in [3.05, 3.63) is 58.2 Å². The maximum atomic E-state index is 14.2. The Bertz CT molecular complexity index is 1240. The van der Waals surface area contributed by atoms with Crippen LogP contribution in [0.1, 0.15) is 38.4 Å². The molecule has 0 aliphatic heterocycles. The molecule has 0 aliphatic carbocycles. The summed E-state index contributed by atoms with van der Waals surface area (Å²) in [4.78, 5) is 29.7. The second-order valence-electron chi connectivity index (χ2n) is 8.56. The monoisotopic (exact) mass is 468 g/mol. The molecule has 3 aromatic rings. The second kappa shape index (κ2) is 8.87. The molecule has 0 saturated carbocycles. The summed E-state index contributed by atoms with van der Waals surface area (Å²) in [7, 11) is 1.55. The lowest BCUT2D eigenvalue weighted by atomic mass is 10.1. The lowest BCUT2D eigenvalue weighted by Crippen LogP contribution is -2.30. The van der Waals surface area contributed by atoms with Crippen molar-refractivity contribution < 1.29 is 27.1 Å². The number of aryl methyl sites for hydroxylation is 1. The number of nitrogens with one attached hydrogen (secondary N) is 1. The van der Waals surface area contributed by atoms with E-state index in [1.807, 2.05) is 0 Å². The van der Waals surface area contributed by atoms with E-state index in [-0.39, 0.29) is 34.4 Å². The summed E-state index contributed by atoms with van der Waals surface area (Å²) >= 11 is 0. The van der Waals surface area contributed by atoms with E-state index >= 15 is 0 Å². The van der Waals surface area contributed by atoms with Crippen molar-refractivity contribution in [3.63, 3.8) is 0 Å². The number of rotatable bonds is 5. The molecule has 0 atom stereocenters. The molecule has 0 aliphatic rings. The number of aromatic nitrogens is 3. The van der Waals surface area contributed by atoms with Crippen molar-refractivity contribution in [2.45, 2.75) is 51.9 Å². The van der Waals surface area contributed by atoms with Gasteiger partial charge in [0.25, 0.3) is 5.56 Å². The first-order valence-corrected chi connectivity index (χ1v) is 10.1. The zero-order valence-corrected chi connectivity index (χ0v) is 18.6. The molecule has 7 nitrogen and oxygen atoms in total. The molecule has 2 aromatic heterocycles. The molecule has 178 valence electrons. The van der Waals surface area contributed by atoms with Crippen LogP contribution in [0, 0.1) is 5.82 Å². The van der Waals surface area contributed by atoms with Crippen molar-refractivity contribution in [2.24, 2.45) is 0 Å². The molecule has 0 unspecified atom stereocenters. The summed E-state index contributed by atoms with van der Waals surface area (Å²) < 4.78 is 60.7. The zero-order valence-electron chi connectivity index (χ0n) is 18.6. The number of ether oxygens (including phenoxy) is 1. The van der Waals surface area contributed by atoms with E-state index in [1.165, 1.54) is 23.2 Å². The first kappa shape index (κ1) is 24.3. The standard InChI is InChI=1S/C22H24F4N4O3/c1-21(2,3)33-20(32)30-16(11-29-12-28-10-17(27-4)19(29)31)9-14-8-15(23)7-13(18(14)30)5-6-22(24,25)26/h7-10,12,27H,5-6,11H2,1-4H3. The predicted molar refractivity (Wildman–Crippen MR) is 115 cm³/mol. The van der Waals surface area contributed by atoms with Crippen LogP contribution in [0.4, 0.5) is 28.0 Å². The molecule has 11 heteroatoms. The van der Waals surface area contributed by atoms with Gasteiger partial charge >= 0.3 is 12.3 Å². The fourth-order valence-corrected chi connectivity index (χ4v) is 3.46. The molecule has 0 saturated heterocycles. The maximum Gasteiger partial charge on any atom is 0.419 e. The van der Waals surface area contributed by atoms with Crippen LogP contribution in [0.3, 0.4) is 0 Å². The predicted octanol–water partition coefficient (Wildman–Crippen LogP) is 4.71. The topological polar surface area (TPSA) is 78.2 Å². The normalized spacial score (nSPS) is 12.2. The van der Waals surface area contributed by atoms with E-state index in [2.05, 4.69) is 10.3 Å². The lowest BCUT2D eigenvalue weighted by molar-refractivity contribution is -0.133. The Hall–Kier alpha value is -3.37. The number of hydrogen-bond donors (Lipinski definition) is 1. The summed E-state index contributed by atoms with van der Waals surface area (Å²) in [5, 5.41) is 2.93. The Kier molecular flexibility index (Phi) is 6.53. The van der Waals surface area contributed by atoms with Crippen LogP contribution in [0.15, 0.2) is 35.5 Å². The fourth-order valence-electron chi connectivity index (χ4n) is 3.46. The number of benzene rings is 1. The third-order valence-corrected chi connectivity index (χ3v) is 4.77. The van der Waals surface area contributed by atoms with Gasteiger partial charge in [-0.3, -0.25) is 9.36 Å². The number of hydrogen-bond acceptors (Lipinski definition) is 5. The zero-order chi connectivity index (χ0) is 24.6. The summed E-state index contributed by atoms with van der Waals surface area (Å²) in [6.07, 6.45) is -4.41. The molecule has 0 radical (unpaired) electrons. The van der Waals surface area contributed by atoms with Crippen molar-refractivity contribution in [2.75, 3.05) is 12.4 Å². The first-order chi connectivity index (χ1) is 15.3.